The number of benzene rings is 1. The molecule has 4 nitrogen and oxygen atoms in total. The maximum atomic E-state index is 9.38. The molecular formula is C17H21N3O. The molecular weight excluding hydrogens is 262 g/mol. The Bertz CT molecular complexity index is 610. The summed E-state index contributed by atoms with van der Waals surface area (Å²) in [7, 11) is 0. The average Bonchev–Trinajstić information content (AvgIpc) is 2.70. The molecule has 4 heteroatoms. The molecule has 3 rings (SSSR count). The number of phenolic OH excluding ortho intramolecular Hbond substituents is 1. The van der Waals surface area contributed by atoms with E-state index in [1.165, 1.54) is 18.4 Å². The van der Waals surface area contributed by atoms with E-state index < -0.39 is 0 Å². The highest BCUT2D eigenvalue weighted by Crippen LogP contribution is 2.28. The Morgan fingerprint density at radius 1 is 1.24 bits per heavy atom. The number of nitrogens with one attached hydrogen (secondary N) is 1. The molecule has 0 amide bonds. The van der Waals surface area contributed by atoms with Crippen LogP contribution in [0.25, 0.3) is 11.4 Å². The second-order valence-electron chi connectivity index (χ2n) is 5.50. The predicted molar refractivity (Wildman–Crippen MR) is 83.1 cm³/mol. The highest BCUT2D eigenvalue weighted by atomic mass is 16.3. The lowest BCUT2D eigenvalue weighted by Gasteiger charge is -2.17. The normalized spacial score (nSPS) is 18.0. The number of phenols is 1. The number of aromatic hydroxyl groups is 1. The van der Waals surface area contributed by atoms with E-state index in [1.54, 1.807) is 12.1 Å². The molecule has 0 bridgehead atoms. The van der Waals surface area contributed by atoms with E-state index >= 15 is 0 Å². The van der Waals surface area contributed by atoms with E-state index in [0.29, 0.717) is 6.04 Å². The molecule has 0 saturated heterocycles. The van der Waals surface area contributed by atoms with Crippen LogP contribution in [0.3, 0.4) is 0 Å². The van der Waals surface area contributed by atoms with Gasteiger partial charge in [-0.2, -0.15) is 0 Å². The summed E-state index contributed by atoms with van der Waals surface area (Å²) >= 11 is 0. The van der Waals surface area contributed by atoms with E-state index in [1.807, 2.05) is 18.3 Å². The molecule has 1 aliphatic carbocycles. The molecule has 0 fully saturated rings. The molecule has 0 saturated carbocycles. The third-order valence-corrected chi connectivity index (χ3v) is 4.01. The number of fused-ring (bicyclic) bond motifs is 1. The molecule has 110 valence electrons. The fourth-order valence-corrected chi connectivity index (χ4v) is 2.92. The molecule has 1 unspecified atom stereocenters. The summed E-state index contributed by atoms with van der Waals surface area (Å²) in [6, 6.07) is 7.43. The third kappa shape index (κ3) is 3.05. The van der Waals surface area contributed by atoms with E-state index in [0.717, 1.165) is 36.5 Å². The van der Waals surface area contributed by atoms with Gasteiger partial charge in [0, 0.05) is 29.1 Å². The van der Waals surface area contributed by atoms with Gasteiger partial charge in [0.15, 0.2) is 5.82 Å². The summed E-state index contributed by atoms with van der Waals surface area (Å²) in [5.74, 6) is 1.01. The van der Waals surface area contributed by atoms with E-state index in [-0.39, 0.29) is 5.75 Å². The lowest BCUT2D eigenvalue weighted by Crippen LogP contribution is -2.21. The Hall–Kier alpha value is -1.94. The number of aromatic nitrogens is 2. The summed E-state index contributed by atoms with van der Waals surface area (Å²) in [4.78, 5) is 9.31. The molecule has 1 aromatic heterocycles. The van der Waals surface area contributed by atoms with Gasteiger partial charge < -0.3 is 10.4 Å². The van der Waals surface area contributed by atoms with Crippen molar-refractivity contribution in [3.05, 3.63) is 41.7 Å². The maximum Gasteiger partial charge on any atom is 0.159 e. The second-order valence-corrected chi connectivity index (χ2v) is 5.50. The molecule has 2 N–H and O–H groups in total. The summed E-state index contributed by atoms with van der Waals surface area (Å²) in [6.45, 7) is 3.10. The van der Waals surface area contributed by atoms with Gasteiger partial charge in [-0.05, 0) is 50.1 Å². The molecule has 0 spiro atoms. The van der Waals surface area contributed by atoms with Crippen LogP contribution < -0.4 is 5.32 Å². The number of rotatable bonds is 3. The predicted octanol–water partition coefficient (Wildman–Crippen LogP) is 3.23. The Morgan fingerprint density at radius 3 is 2.81 bits per heavy atom. The van der Waals surface area contributed by atoms with Crippen molar-refractivity contribution < 1.29 is 5.11 Å². The van der Waals surface area contributed by atoms with Crippen LogP contribution in [-0.4, -0.2) is 21.6 Å². The van der Waals surface area contributed by atoms with Crippen molar-refractivity contribution >= 4 is 0 Å². The van der Waals surface area contributed by atoms with Crippen LogP contribution in [0.5, 0.6) is 5.75 Å². The summed E-state index contributed by atoms with van der Waals surface area (Å²) < 4.78 is 0. The lowest BCUT2D eigenvalue weighted by atomic mass is 10.0. The van der Waals surface area contributed by atoms with Crippen molar-refractivity contribution in [2.45, 2.75) is 38.6 Å². The maximum absolute atomic E-state index is 9.38. The fourth-order valence-electron chi connectivity index (χ4n) is 2.92. The van der Waals surface area contributed by atoms with Crippen molar-refractivity contribution in [1.82, 2.24) is 15.3 Å². The molecule has 0 aliphatic heterocycles. The van der Waals surface area contributed by atoms with Crippen molar-refractivity contribution in [3.8, 4) is 17.1 Å². The van der Waals surface area contributed by atoms with Crippen LogP contribution in [-0.2, 0) is 6.42 Å². The van der Waals surface area contributed by atoms with Gasteiger partial charge in [-0.1, -0.05) is 13.3 Å². The lowest BCUT2D eigenvalue weighted by molar-refractivity contribution is 0.475. The van der Waals surface area contributed by atoms with Gasteiger partial charge in [0.2, 0.25) is 0 Å². The van der Waals surface area contributed by atoms with Gasteiger partial charge in [0.05, 0.1) is 0 Å². The highest BCUT2D eigenvalue weighted by molar-refractivity contribution is 5.56. The van der Waals surface area contributed by atoms with Crippen molar-refractivity contribution in [2.75, 3.05) is 6.54 Å². The molecule has 0 radical (unpaired) electrons. The smallest absolute Gasteiger partial charge is 0.159 e. The monoisotopic (exact) mass is 283 g/mol. The van der Waals surface area contributed by atoms with Gasteiger partial charge in [-0.3, -0.25) is 0 Å². The summed E-state index contributed by atoms with van der Waals surface area (Å²) in [5.41, 5.74) is 3.35. The number of aryl methyl sites for hydroxylation is 1. The minimum Gasteiger partial charge on any atom is -0.508 e. The quantitative estimate of drug-likeness (QED) is 0.849. The number of hydrogen-bond donors (Lipinski definition) is 2. The molecule has 1 atom stereocenters. The van der Waals surface area contributed by atoms with Crippen LogP contribution in [0.4, 0.5) is 0 Å². The largest absolute Gasteiger partial charge is 0.508 e. The fraction of sp³-hybridized carbons (Fsp3) is 0.412. The highest BCUT2D eigenvalue weighted by Gasteiger charge is 2.20. The third-order valence-electron chi connectivity index (χ3n) is 4.01. The Labute approximate surface area is 125 Å². The van der Waals surface area contributed by atoms with Gasteiger partial charge in [-0.15, -0.1) is 0 Å². The first kappa shape index (κ1) is 14.0. The van der Waals surface area contributed by atoms with E-state index in [9.17, 15) is 5.11 Å². The average molecular weight is 283 g/mol. The SMILES string of the molecule is CCNC1CCCCc2nc(-c3ccc(O)cc3)ncc21. The van der Waals surface area contributed by atoms with Crippen LogP contribution in [0.1, 0.15) is 43.5 Å². The van der Waals surface area contributed by atoms with Crippen LogP contribution >= 0.6 is 0 Å². The van der Waals surface area contributed by atoms with Crippen molar-refractivity contribution in [3.63, 3.8) is 0 Å². The first-order chi connectivity index (χ1) is 10.3. The molecule has 2 aromatic rings. The zero-order valence-electron chi connectivity index (χ0n) is 12.3. The van der Waals surface area contributed by atoms with E-state index in [2.05, 4.69) is 17.2 Å². The first-order valence-corrected chi connectivity index (χ1v) is 7.66. The number of nitrogens with zero attached hydrogens (tertiary/aromatic N) is 2. The summed E-state index contributed by atoms with van der Waals surface area (Å²) in [6.07, 6.45) is 6.56. The van der Waals surface area contributed by atoms with E-state index in [4.69, 9.17) is 4.98 Å². The zero-order valence-corrected chi connectivity index (χ0v) is 12.3. The Kier molecular flexibility index (Phi) is 4.15. The molecule has 1 heterocycles. The first-order valence-electron chi connectivity index (χ1n) is 7.66. The molecule has 1 aromatic carbocycles. The van der Waals surface area contributed by atoms with Crippen molar-refractivity contribution in [1.29, 1.82) is 0 Å². The van der Waals surface area contributed by atoms with Gasteiger partial charge in [0.25, 0.3) is 0 Å². The van der Waals surface area contributed by atoms with Gasteiger partial charge in [-0.25, -0.2) is 9.97 Å². The standard InChI is InChI=1S/C17H21N3O/c1-2-18-15-5-3-4-6-16-14(15)11-19-17(20-16)12-7-9-13(21)10-8-12/h7-11,15,18,21H,2-6H2,1H3. The van der Waals surface area contributed by atoms with Crippen molar-refractivity contribution in [2.24, 2.45) is 0 Å². The summed E-state index contributed by atoms with van der Waals surface area (Å²) in [5, 5.41) is 12.9. The van der Waals surface area contributed by atoms with Crippen LogP contribution in [0.15, 0.2) is 30.5 Å². The van der Waals surface area contributed by atoms with Crippen LogP contribution in [0, 0.1) is 0 Å². The topological polar surface area (TPSA) is 58.0 Å². The minimum absolute atomic E-state index is 0.265. The minimum atomic E-state index is 0.265. The van der Waals surface area contributed by atoms with Gasteiger partial charge >= 0.3 is 0 Å². The van der Waals surface area contributed by atoms with Crippen LogP contribution in [0.2, 0.25) is 0 Å². The van der Waals surface area contributed by atoms with Gasteiger partial charge in [0.1, 0.15) is 5.75 Å². The zero-order chi connectivity index (χ0) is 14.7. The molecule has 1 aliphatic rings. The molecule has 21 heavy (non-hydrogen) atoms. The second kappa shape index (κ2) is 6.22. The Balaban J connectivity index is 1.96. The Morgan fingerprint density at radius 2 is 2.05 bits per heavy atom. The number of hydrogen-bond acceptors (Lipinski definition) is 4.